The molecule has 2 N–H and O–H groups in total. The highest BCUT2D eigenvalue weighted by Crippen LogP contribution is 2.22. The lowest BCUT2D eigenvalue weighted by Crippen LogP contribution is -2.15. The van der Waals surface area contributed by atoms with E-state index in [-0.39, 0.29) is 16.9 Å². The molecule has 1 nitrogen and oxygen atoms in total. The molecule has 2 aromatic carbocycles. The molecule has 0 aliphatic carbocycles. The lowest BCUT2D eigenvalue weighted by molar-refractivity contribution is 0.556. The molecule has 100 valence electrons. The second-order valence-corrected chi connectivity index (χ2v) is 4.56. The summed E-state index contributed by atoms with van der Waals surface area (Å²) in [5.74, 6) is -1.34. The van der Waals surface area contributed by atoms with E-state index in [2.05, 4.69) is 0 Å². The van der Waals surface area contributed by atoms with Crippen molar-refractivity contribution in [3.8, 4) is 0 Å². The average Bonchev–Trinajstić information content (AvgIpc) is 2.36. The summed E-state index contributed by atoms with van der Waals surface area (Å²) in [6, 6.07) is 7.38. The van der Waals surface area contributed by atoms with Crippen LogP contribution in [-0.2, 0) is 6.42 Å². The fourth-order valence-electron chi connectivity index (χ4n) is 1.93. The number of aryl methyl sites for hydroxylation is 1. The third-order valence-electron chi connectivity index (χ3n) is 3.05. The third kappa shape index (κ3) is 3.15. The first kappa shape index (κ1) is 13.6. The fraction of sp³-hybridized carbons (Fsp3) is 0.200. The van der Waals surface area contributed by atoms with Gasteiger partial charge in [0, 0.05) is 11.6 Å². The highest BCUT2D eigenvalue weighted by atomic mass is 19.1. The van der Waals surface area contributed by atoms with Crippen molar-refractivity contribution in [3.05, 3.63) is 70.5 Å². The number of nitrogens with two attached hydrogens (primary N) is 1. The molecule has 2 rings (SSSR count). The van der Waals surface area contributed by atoms with Crippen molar-refractivity contribution >= 4 is 0 Å². The van der Waals surface area contributed by atoms with Crippen LogP contribution in [0.2, 0.25) is 0 Å². The summed E-state index contributed by atoms with van der Waals surface area (Å²) in [6.45, 7) is 1.49. The van der Waals surface area contributed by atoms with Gasteiger partial charge in [-0.25, -0.2) is 13.2 Å². The number of hydrogen-bond acceptors (Lipinski definition) is 1. The van der Waals surface area contributed by atoms with Crippen LogP contribution in [0, 0.1) is 24.4 Å². The van der Waals surface area contributed by atoms with Crippen molar-refractivity contribution < 1.29 is 13.2 Å². The monoisotopic (exact) mass is 265 g/mol. The molecule has 1 atom stereocenters. The summed E-state index contributed by atoms with van der Waals surface area (Å²) in [5, 5.41) is 0. The normalized spacial score (nSPS) is 12.5. The molecule has 4 heteroatoms. The number of rotatable bonds is 3. The third-order valence-corrected chi connectivity index (χ3v) is 3.05. The topological polar surface area (TPSA) is 26.0 Å². The van der Waals surface area contributed by atoms with Gasteiger partial charge in [-0.2, -0.15) is 0 Å². The number of hydrogen-bond donors (Lipinski definition) is 1. The molecule has 0 aliphatic heterocycles. The molecule has 0 bridgehead atoms. The first-order valence-electron chi connectivity index (χ1n) is 5.93. The largest absolute Gasteiger partial charge is 0.324 e. The summed E-state index contributed by atoms with van der Waals surface area (Å²) >= 11 is 0. The van der Waals surface area contributed by atoms with E-state index in [0.717, 1.165) is 17.7 Å². The molecular weight excluding hydrogens is 251 g/mol. The van der Waals surface area contributed by atoms with Gasteiger partial charge >= 0.3 is 0 Å². The van der Waals surface area contributed by atoms with Gasteiger partial charge < -0.3 is 5.73 Å². The minimum absolute atomic E-state index is 0.132. The van der Waals surface area contributed by atoms with E-state index in [1.54, 1.807) is 12.1 Å². The molecule has 0 heterocycles. The van der Waals surface area contributed by atoms with Crippen LogP contribution in [0.15, 0.2) is 36.4 Å². The standard InChI is InChI=1S/C15H14F3N/c1-9-6-14(18)12(8-13(9)17)15(19)7-10-2-4-11(16)5-3-10/h2-6,8,15H,7,19H2,1H3. The maximum Gasteiger partial charge on any atom is 0.128 e. The minimum Gasteiger partial charge on any atom is -0.324 e. The van der Waals surface area contributed by atoms with Crippen molar-refractivity contribution in [1.82, 2.24) is 0 Å². The zero-order valence-electron chi connectivity index (χ0n) is 10.5. The van der Waals surface area contributed by atoms with Crippen molar-refractivity contribution in [3.63, 3.8) is 0 Å². The van der Waals surface area contributed by atoms with Gasteiger partial charge in [0.05, 0.1) is 0 Å². The Labute approximate surface area is 109 Å². The highest BCUT2D eigenvalue weighted by Gasteiger charge is 2.14. The first-order valence-corrected chi connectivity index (χ1v) is 5.93. The lowest BCUT2D eigenvalue weighted by Gasteiger charge is -2.14. The van der Waals surface area contributed by atoms with Crippen LogP contribution in [0.3, 0.4) is 0 Å². The molecule has 0 radical (unpaired) electrons. The Hall–Kier alpha value is -1.81. The van der Waals surface area contributed by atoms with Gasteiger partial charge in [0.15, 0.2) is 0 Å². The van der Waals surface area contributed by atoms with Gasteiger partial charge in [0.2, 0.25) is 0 Å². The molecule has 1 unspecified atom stereocenters. The van der Waals surface area contributed by atoms with Crippen molar-refractivity contribution in [2.45, 2.75) is 19.4 Å². The predicted octanol–water partition coefficient (Wildman–Crippen LogP) is 3.65. The van der Waals surface area contributed by atoms with Gasteiger partial charge in [-0.3, -0.25) is 0 Å². The van der Waals surface area contributed by atoms with Gasteiger partial charge in [0.25, 0.3) is 0 Å². The van der Waals surface area contributed by atoms with E-state index in [4.69, 9.17) is 5.73 Å². The summed E-state index contributed by atoms with van der Waals surface area (Å²) in [6.07, 6.45) is 0.319. The Morgan fingerprint density at radius 2 is 1.63 bits per heavy atom. The van der Waals surface area contributed by atoms with Gasteiger partial charge in [-0.15, -0.1) is 0 Å². The maximum absolute atomic E-state index is 13.7. The van der Waals surface area contributed by atoms with E-state index >= 15 is 0 Å². The molecule has 0 spiro atoms. The van der Waals surface area contributed by atoms with Crippen LogP contribution in [-0.4, -0.2) is 0 Å². The second-order valence-electron chi connectivity index (χ2n) is 4.56. The van der Waals surface area contributed by atoms with Crippen molar-refractivity contribution in [1.29, 1.82) is 0 Å². The van der Waals surface area contributed by atoms with Crippen LogP contribution in [0.4, 0.5) is 13.2 Å². The summed E-state index contributed by atoms with van der Waals surface area (Å²) in [7, 11) is 0. The van der Waals surface area contributed by atoms with Crippen LogP contribution in [0.5, 0.6) is 0 Å². The maximum atomic E-state index is 13.7. The zero-order chi connectivity index (χ0) is 14.0. The van der Waals surface area contributed by atoms with Crippen LogP contribution in [0.25, 0.3) is 0 Å². The Balaban J connectivity index is 2.22. The summed E-state index contributed by atoms with van der Waals surface area (Å²) < 4.78 is 39.9. The zero-order valence-corrected chi connectivity index (χ0v) is 10.5. The van der Waals surface area contributed by atoms with Crippen LogP contribution in [0.1, 0.15) is 22.7 Å². The van der Waals surface area contributed by atoms with E-state index in [1.807, 2.05) is 0 Å². The summed E-state index contributed by atoms with van der Waals surface area (Å²) in [4.78, 5) is 0. The molecule has 19 heavy (non-hydrogen) atoms. The molecule has 0 saturated carbocycles. The first-order chi connectivity index (χ1) is 8.97. The van der Waals surface area contributed by atoms with Crippen molar-refractivity contribution in [2.75, 3.05) is 0 Å². The van der Waals surface area contributed by atoms with E-state index in [1.165, 1.54) is 19.1 Å². The lowest BCUT2D eigenvalue weighted by atomic mass is 9.98. The fourth-order valence-corrected chi connectivity index (χ4v) is 1.93. The molecule has 0 saturated heterocycles. The SMILES string of the molecule is Cc1cc(F)c(C(N)Cc2ccc(F)cc2)cc1F. The van der Waals surface area contributed by atoms with E-state index < -0.39 is 17.7 Å². The molecule has 0 amide bonds. The van der Waals surface area contributed by atoms with Gasteiger partial charge in [-0.1, -0.05) is 12.1 Å². The average molecular weight is 265 g/mol. The Morgan fingerprint density at radius 3 is 2.26 bits per heavy atom. The highest BCUT2D eigenvalue weighted by molar-refractivity contribution is 5.29. The Morgan fingerprint density at radius 1 is 1.00 bits per heavy atom. The number of halogens is 3. The molecular formula is C15H14F3N. The van der Waals surface area contributed by atoms with Gasteiger partial charge in [-0.05, 0) is 48.7 Å². The predicted molar refractivity (Wildman–Crippen MR) is 68.1 cm³/mol. The smallest absolute Gasteiger partial charge is 0.128 e. The molecule has 0 aromatic heterocycles. The molecule has 2 aromatic rings. The van der Waals surface area contributed by atoms with Crippen LogP contribution >= 0.6 is 0 Å². The van der Waals surface area contributed by atoms with E-state index in [9.17, 15) is 13.2 Å². The van der Waals surface area contributed by atoms with Crippen LogP contribution < -0.4 is 5.73 Å². The van der Waals surface area contributed by atoms with E-state index in [0.29, 0.717) is 6.42 Å². The summed E-state index contributed by atoms with van der Waals surface area (Å²) in [5.41, 5.74) is 7.03. The van der Waals surface area contributed by atoms with Crippen molar-refractivity contribution in [2.24, 2.45) is 5.73 Å². The minimum atomic E-state index is -0.666. The second kappa shape index (κ2) is 5.45. The Bertz CT molecular complexity index is 579. The molecule has 0 fully saturated rings. The Kier molecular flexibility index (Phi) is 3.90. The quantitative estimate of drug-likeness (QED) is 0.900. The molecule has 0 aliphatic rings. The van der Waals surface area contributed by atoms with Gasteiger partial charge in [0.1, 0.15) is 17.5 Å². The number of benzene rings is 2.